The molecule has 0 fully saturated rings. The normalized spacial score (nSPS) is 11.8. The second-order valence-corrected chi connectivity index (χ2v) is 11.7. The molecule has 4 aromatic carbocycles. The van der Waals surface area contributed by atoms with Crippen LogP contribution in [0.1, 0.15) is 22.8 Å². The van der Waals surface area contributed by atoms with Crippen molar-refractivity contribution in [2.45, 2.75) is 17.1 Å². The Balaban J connectivity index is 1.27. The number of amides is 3. The summed E-state index contributed by atoms with van der Waals surface area (Å²) < 4.78 is 0. The molecule has 6 nitrogen and oxygen atoms in total. The van der Waals surface area contributed by atoms with E-state index in [1.807, 2.05) is 103 Å². The van der Waals surface area contributed by atoms with Crippen molar-refractivity contribution >= 4 is 64.0 Å². The van der Waals surface area contributed by atoms with Crippen molar-refractivity contribution < 1.29 is 14.4 Å². The predicted molar refractivity (Wildman–Crippen MR) is 177 cm³/mol. The summed E-state index contributed by atoms with van der Waals surface area (Å²) in [6, 6.07) is 37.1. The van der Waals surface area contributed by atoms with E-state index in [0.717, 1.165) is 21.8 Å². The molecule has 0 aliphatic heterocycles. The minimum Gasteiger partial charge on any atom is -0.321 e. The lowest BCUT2D eigenvalue weighted by Gasteiger charge is -2.26. The quantitative estimate of drug-likeness (QED) is 0.125. The minimum atomic E-state index is -0.444. The van der Waals surface area contributed by atoms with E-state index < -0.39 is 5.91 Å². The Bertz CT molecular complexity index is 1650. The lowest BCUT2D eigenvalue weighted by molar-refractivity contribution is -0.117. The lowest BCUT2D eigenvalue weighted by atomic mass is 10.2. The topological polar surface area (TPSA) is 78.5 Å². The third-order valence-electron chi connectivity index (χ3n) is 6.40. The maximum atomic E-state index is 13.7. The molecule has 0 saturated heterocycles. The largest absolute Gasteiger partial charge is 0.321 e. The molecule has 0 radical (unpaired) electrons. The molecular formula is C35H29N3O3S2. The van der Waals surface area contributed by atoms with Gasteiger partial charge in [-0.05, 0) is 96.1 Å². The highest BCUT2D eigenvalue weighted by Crippen LogP contribution is 2.31. The Labute approximate surface area is 259 Å². The molecule has 3 amide bonds. The molecule has 1 heterocycles. The number of carbonyl (C=O) groups is 3. The number of para-hydroxylation sites is 2. The number of anilines is 3. The summed E-state index contributed by atoms with van der Waals surface area (Å²) in [7, 11) is 0. The van der Waals surface area contributed by atoms with E-state index in [2.05, 4.69) is 10.6 Å². The molecule has 1 atom stereocenters. The van der Waals surface area contributed by atoms with E-state index in [-0.39, 0.29) is 22.8 Å². The van der Waals surface area contributed by atoms with Gasteiger partial charge in [-0.2, -0.15) is 11.3 Å². The molecule has 5 aromatic rings. The Morgan fingerprint density at radius 2 is 1.35 bits per heavy atom. The molecule has 0 aliphatic carbocycles. The summed E-state index contributed by atoms with van der Waals surface area (Å²) in [5.74, 6) is -0.861. The number of thiophene rings is 1. The number of benzene rings is 4. The van der Waals surface area contributed by atoms with Gasteiger partial charge in [0.1, 0.15) is 5.70 Å². The summed E-state index contributed by atoms with van der Waals surface area (Å²) in [5, 5.41) is 9.04. The monoisotopic (exact) mass is 603 g/mol. The van der Waals surface area contributed by atoms with Crippen LogP contribution in [0.2, 0.25) is 0 Å². The van der Waals surface area contributed by atoms with Crippen molar-refractivity contribution in [1.82, 2.24) is 5.32 Å². The number of thioether (sulfide) groups is 1. The summed E-state index contributed by atoms with van der Waals surface area (Å²) in [6.07, 6.45) is 1.65. The molecule has 1 unspecified atom stereocenters. The fraction of sp³-hybridized carbons (Fsp3) is 0.0571. The van der Waals surface area contributed by atoms with Gasteiger partial charge in [0.25, 0.3) is 11.8 Å². The van der Waals surface area contributed by atoms with Crippen LogP contribution in [-0.4, -0.2) is 23.0 Å². The van der Waals surface area contributed by atoms with Crippen LogP contribution in [-0.2, 0) is 9.59 Å². The first-order valence-corrected chi connectivity index (χ1v) is 15.4. The highest BCUT2D eigenvalue weighted by Gasteiger charge is 2.24. The molecular weight excluding hydrogens is 575 g/mol. The second kappa shape index (κ2) is 14.3. The number of nitrogens with zero attached hydrogens (tertiary/aromatic N) is 1. The molecule has 0 spiro atoms. The van der Waals surface area contributed by atoms with Crippen molar-refractivity contribution in [2.75, 3.05) is 10.2 Å². The standard InChI is InChI=1S/C35H29N3O3S2/c1-25(35(41)38(29-13-7-3-8-14-29)30-15-9-4-10-16-30)43-31-19-17-28(18-20-31)36-34(40)32(23-26-21-22-42-24-26)37-33(39)27-11-5-2-6-12-27/h2-25H,1H3,(H,36,40)(H,37,39)/b32-23-. The average molecular weight is 604 g/mol. The summed E-state index contributed by atoms with van der Waals surface area (Å²) in [4.78, 5) is 42.3. The molecule has 8 heteroatoms. The molecule has 0 aliphatic rings. The molecule has 0 saturated carbocycles. The molecule has 43 heavy (non-hydrogen) atoms. The van der Waals surface area contributed by atoms with Crippen molar-refractivity contribution in [3.05, 3.63) is 149 Å². The van der Waals surface area contributed by atoms with Gasteiger partial charge in [0.2, 0.25) is 5.91 Å². The van der Waals surface area contributed by atoms with Crippen LogP contribution < -0.4 is 15.5 Å². The van der Waals surface area contributed by atoms with E-state index in [1.165, 1.54) is 23.1 Å². The van der Waals surface area contributed by atoms with E-state index in [1.54, 1.807) is 47.4 Å². The van der Waals surface area contributed by atoms with Crippen LogP contribution in [0.3, 0.4) is 0 Å². The first kappa shape index (κ1) is 29.6. The number of rotatable bonds is 10. The van der Waals surface area contributed by atoms with Crippen LogP contribution in [0.25, 0.3) is 6.08 Å². The zero-order chi connectivity index (χ0) is 30.0. The highest BCUT2D eigenvalue weighted by atomic mass is 32.2. The van der Waals surface area contributed by atoms with Crippen LogP contribution in [0, 0.1) is 0 Å². The highest BCUT2D eigenvalue weighted by molar-refractivity contribution is 8.00. The van der Waals surface area contributed by atoms with Gasteiger partial charge in [0.05, 0.1) is 5.25 Å². The van der Waals surface area contributed by atoms with Crippen molar-refractivity contribution in [1.29, 1.82) is 0 Å². The molecule has 0 bridgehead atoms. The summed E-state index contributed by atoms with van der Waals surface area (Å²) in [5.41, 5.74) is 3.56. The molecule has 214 valence electrons. The SMILES string of the molecule is CC(Sc1ccc(NC(=O)/C(=C/c2ccsc2)NC(=O)c2ccccc2)cc1)C(=O)N(c1ccccc1)c1ccccc1. The van der Waals surface area contributed by atoms with Gasteiger partial charge in [0.15, 0.2) is 0 Å². The Hall–Kier alpha value is -4.92. The number of carbonyl (C=O) groups excluding carboxylic acids is 3. The van der Waals surface area contributed by atoms with Gasteiger partial charge in [-0.25, -0.2) is 0 Å². The lowest BCUT2D eigenvalue weighted by Crippen LogP contribution is -2.32. The fourth-order valence-electron chi connectivity index (χ4n) is 4.28. The van der Waals surface area contributed by atoms with Crippen LogP contribution in [0.15, 0.2) is 143 Å². The van der Waals surface area contributed by atoms with Crippen molar-refractivity contribution in [2.24, 2.45) is 0 Å². The third-order valence-corrected chi connectivity index (χ3v) is 8.21. The zero-order valence-corrected chi connectivity index (χ0v) is 25.0. The average Bonchev–Trinajstić information content (AvgIpc) is 3.56. The van der Waals surface area contributed by atoms with Gasteiger partial charge in [-0.15, -0.1) is 11.8 Å². The maximum absolute atomic E-state index is 13.7. The van der Waals surface area contributed by atoms with Gasteiger partial charge >= 0.3 is 0 Å². The molecule has 2 N–H and O–H groups in total. The Morgan fingerprint density at radius 3 is 1.91 bits per heavy atom. The van der Waals surface area contributed by atoms with Gasteiger partial charge < -0.3 is 10.6 Å². The van der Waals surface area contributed by atoms with Crippen molar-refractivity contribution in [3.63, 3.8) is 0 Å². The smallest absolute Gasteiger partial charge is 0.272 e. The van der Waals surface area contributed by atoms with Gasteiger partial charge in [-0.1, -0.05) is 54.6 Å². The number of hydrogen-bond donors (Lipinski definition) is 2. The third kappa shape index (κ3) is 7.88. The van der Waals surface area contributed by atoms with Crippen LogP contribution in [0.4, 0.5) is 17.1 Å². The van der Waals surface area contributed by atoms with E-state index in [9.17, 15) is 14.4 Å². The minimum absolute atomic E-state index is 0.0443. The maximum Gasteiger partial charge on any atom is 0.272 e. The molecule has 1 aromatic heterocycles. The first-order chi connectivity index (χ1) is 21.0. The van der Waals surface area contributed by atoms with Crippen molar-refractivity contribution in [3.8, 4) is 0 Å². The summed E-state index contributed by atoms with van der Waals surface area (Å²) in [6.45, 7) is 1.89. The Morgan fingerprint density at radius 1 is 0.767 bits per heavy atom. The summed E-state index contributed by atoms with van der Waals surface area (Å²) >= 11 is 2.94. The van der Waals surface area contributed by atoms with E-state index >= 15 is 0 Å². The Kier molecular flexibility index (Phi) is 9.84. The first-order valence-electron chi connectivity index (χ1n) is 13.6. The van der Waals surface area contributed by atoms with Crippen LogP contribution in [0.5, 0.6) is 0 Å². The predicted octanol–water partition coefficient (Wildman–Crippen LogP) is 8.00. The van der Waals surface area contributed by atoms with E-state index in [0.29, 0.717) is 11.3 Å². The van der Waals surface area contributed by atoms with E-state index in [4.69, 9.17) is 0 Å². The number of hydrogen-bond acceptors (Lipinski definition) is 5. The zero-order valence-electron chi connectivity index (χ0n) is 23.3. The fourth-order valence-corrected chi connectivity index (χ4v) is 5.80. The molecule has 5 rings (SSSR count). The second-order valence-electron chi connectivity index (χ2n) is 9.52. The van der Waals surface area contributed by atoms with Gasteiger partial charge in [0, 0.05) is 27.5 Å². The van der Waals surface area contributed by atoms with Gasteiger partial charge in [-0.3, -0.25) is 19.3 Å². The van der Waals surface area contributed by atoms with Crippen LogP contribution >= 0.6 is 23.1 Å². The number of nitrogens with one attached hydrogen (secondary N) is 2.